The van der Waals surface area contributed by atoms with E-state index in [1.165, 1.54) is 20.0 Å². The summed E-state index contributed by atoms with van der Waals surface area (Å²) in [6.07, 6.45) is 2.93. The second kappa shape index (κ2) is 7.23. The maximum Gasteiger partial charge on any atom is 0.337 e. The quantitative estimate of drug-likeness (QED) is 0.588. The van der Waals surface area contributed by atoms with Crippen molar-refractivity contribution in [2.75, 3.05) is 13.7 Å². The molecule has 2 aromatic heterocycles. The molecule has 0 N–H and O–H groups in total. The lowest BCUT2D eigenvalue weighted by Crippen LogP contribution is -2.40. The molecule has 152 valence electrons. The average Bonchev–Trinajstić information content (AvgIpc) is 3.45. The smallest absolute Gasteiger partial charge is 0.337 e. The summed E-state index contributed by atoms with van der Waals surface area (Å²) in [5.41, 5.74) is 0.0246. The number of ether oxygens (including phenoxy) is 2. The molecule has 1 aromatic carbocycles. The minimum Gasteiger partial charge on any atom is -0.497 e. The van der Waals surface area contributed by atoms with Gasteiger partial charge in [0.25, 0.3) is 5.56 Å². The van der Waals surface area contributed by atoms with Crippen molar-refractivity contribution >= 4 is 17.1 Å². The van der Waals surface area contributed by atoms with E-state index in [0.717, 1.165) is 12.8 Å². The van der Waals surface area contributed by atoms with Crippen molar-refractivity contribution in [3.05, 3.63) is 51.4 Å². The third-order valence-electron chi connectivity index (χ3n) is 5.07. The molecule has 0 spiro atoms. The normalized spacial score (nSPS) is 14.7. The Balaban J connectivity index is 2.02. The summed E-state index contributed by atoms with van der Waals surface area (Å²) in [4.78, 5) is 43.1. The van der Waals surface area contributed by atoms with Crippen LogP contribution in [-0.4, -0.2) is 38.4 Å². The monoisotopic (exact) mass is 398 g/mol. The van der Waals surface area contributed by atoms with Gasteiger partial charge in [0.05, 0.1) is 25.7 Å². The first kappa shape index (κ1) is 19.0. The van der Waals surface area contributed by atoms with E-state index < -0.39 is 23.3 Å². The second-order valence-electron chi connectivity index (χ2n) is 6.98. The number of benzene rings is 1. The van der Waals surface area contributed by atoms with Gasteiger partial charge in [-0.1, -0.05) is 6.07 Å². The Hall–Kier alpha value is -3.36. The summed E-state index contributed by atoms with van der Waals surface area (Å²) in [7, 11) is 1.54. The molecule has 0 amide bonds. The molecular weight excluding hydrogens is 376 g/mol. The fourth-order valence-corrected chi connectivity index (χ4v) is 3.43. The second-order valence-corrected chi connectivity index (χ2v) is 6.98. The van der Waals surface area contributed by atoms with Crippen molar-refractivity contribution in [2.45, 2.75) is 38.8 Å². The van der Waals surface area contributed by atoms with Gasteiger partial charge in [-0.05, 0) is 38.8 Å². The van der Waals surface area contributed by atoms with Gasteiger partial charge in [-0.2, -0.15) is 0 Å². The van der Waals surface area contributed by atoms with Crippen LogP contribution in [0.5, 0.6) is 5.75 Å². The highest BCUT2D eigenvalue weighted by Gasteiger charge is 2.31. The third-order valence-corrected chi connectivity index (χ3v) is 5.07. The molecule has 1 aliphatic rings. The van der Waals surface area contributed by atoms with Gasteiger partial charge in [0, 0.05) is 12.1 Å². The van der Waals surface area contributed by atoms with Crippen LogP contribution in [0.1, 0.15) is 38.8 Å². The number of hydrogen-bond donors (Lipinski definition) is 0. The first-order valence-electron chi connectivity index (χ1n) is 9.53. The molecule has 9 nitrogen and oxygen atoms in total. The average molecular weight is 398 g/mol. The zero-order valence-electron chi connectivity index (χ0n) is 16.5. The van der Waals surface area contributed by atoms with Gasteiger partial charge in [-0.3, -0.25) is 9.36 Å². The van der Waals surface area contributed by atoms with Gasteiger partial charge >= 0.3 is 11.7 Å². The molecule has 1 unspecified atom stereocenters. The van der Waals surface area contributed by atoms with E-state index in [4.69, 9.17) is 9.47 Å². The van der Waals surface area contributed by atoms with E-state index in [9.17, 15) is 14.4 Å². The van der Waals surface area contributed by atoms with Gasteiger partial charge in [0.2, 0.25) is 0 Å². The van der Waals surface area contributed by atoms with E-state index in [-0.39, 0.29) is 23.8 Å². The van der Waals surface area contributed by atoms with Crippen molar-refractivity contribution in [1.82, 2.24) is 18.7 Å². The molecule has 0 saturated heterocycles. The van der Waals surface area contributed by atoms with Crippen molar-refractivity contribution < 1.29 is 14.3 Å². The highest BCUT2D eigenvalue weighted by molar-refractivity contribution is 5.79. The number of carbonyl (C=O) groups is 1. The topological polar surface area (TPSA) is 97.4 Å². The predicted molar refractivity (Wildman–Crippen MR) is 106 cm³/mol. The Labute approximate surface area is 166 Å². The standard InChI is InChI=1S/C20H22N4O5/c1-4-29-19(26)12(2)22-11-21-17-16(22)18(25)24(13-8-9-13)20(27)23(17)14-6-5-7-15(10-14)28-3/h5-7,10-13H,4,8-9H2,1-3H3. The Kier molecular flexibility index (Phi) is 4.73. The summed E-state index contributed by atoms with van der Waals surface area (Å²) in [5.74, 6) is 0.106. The van der Waals surface area contributed by atoms with Crippen LogP contribution >= 0.6 is 0 Å². The number of imidazole rings is 1. The van der Waals surface area contributed by atoms with Crippen LogP contribution in [0.25, 0.3) is 16.9 Å². The van der Waals surface area contributed by atoms with Gasteiger partial charge in [-0.25, -0.2) is 19.1 Å². The molecule has 9 heteroatoms. The van der Waals surface area contributed by atoms with Crippen molar-refractivity contribution in [2.24, 2.45) is 0 Å². The number of hydrogen-bond acceptors (Lipinski definition) is 6. The zero-order chi connectivity index (χ0) is 20.7. The molecule has 1 atom stereocenters. The zero-order valence-corrected chi connectivity index (χ0v) is 16.5. The van der Waals surface area contributed by atoms with Crippen LogP contribution in [0.2, 0.25) is 0 Å². The fraction of sp³-hybridized carbons (Fsp3) is 0.400. The Morgan fingerprint density at radius 1 is 1.31 bits per heavy atom. The van der Waals surface area contributed by atoms with Gasteiger partial charge in [0.1, 0.15) is 11.8 Å². The van der Waals surface area contributed by atoms with Crippen LogP contribution < -0.4 is 16.0 Å². The first-order chi connectivity index (χ1) is 14.0. The van der Waals surface area contributed by atoms with E-state index in [1.807, 2.05) is 0 Å². The van der Waals surface area contributed by atoms with Crippen LogP contribution in [0.15, 0.2) is 40.2 Å². The minimum absolute atomic E-state index is 0.141. The van der Waals surface area contributed by atoms with E-state index in [2.05, 4.69) is 4.98 Å². The third kappa shape index (κ3) is 3.12. The molecule has 29 heavy (non-hydrogen) atoms. The lowest BCUT2D eigenvalue weighted by Gasteiger charge is -2.15. The van der Waals surface area contributed by atoms with Gasteiger partial charge in [-0.15, -0.1) is 0 Å². The molecule has 0 bridgehead atoms. The summed E-state index contributed by atoms with van der Waals surface area (Å²) >= 11 is 0. The number of nitrogens with zero attached hydrogens (tertiary/aromatic N) is 4. The maximum atomic E-state index is 13.2. The number of rotatable bonds is 6. The molecule has 0 aliphatic heterocycles. The summed E-state index contributed by atoms with van der Waals surface area (Å²) < 4.78 is 14.5. The van der Waals surface area contributed by atoms with Crippen molar-refractivity contribution in [1.29, 1.82) is 0 Å². The molecule has 1 fully saturated rings. The fourth-order valence-electron chi connectivity index (χ4n) is 3.43. The molecule has 0 radical (unpaired) electrons. The lowest BCUT2D eigenvalue weighted by molar-refractivity contribution is -0.146. The highest BCUT2D eigenvalue weighted by Crippen LogP contribution is 2.33. The van der Waals surface area contributed by atoms with E-state index >= 15 is 0 Å². The Bertz CT molecular complexity index is 1200. The predicted octanol–water partition coefficient (Wildman–Crippen LogP) is 1.82. The number of esters is 1. The molecule has 1 aliphatic carbocycles. The Morgan fingerprint density at radius 3 is 2.72 bits per heavy atom. The van der Waals surface area contributed by atoms with Gasteiger partial charge in [0.15, 0.2) is 11.2 Å². The van der Waals surface area contributed by atoms with Gasteiger partial charge < -0.3 is 14.0 Å². The number of aromatic nitrogens is 4. The first-order valence-corrected chi connectivity index (χ1v) is 9.53. The largest absolute Gasteiger partial charge is 0.497 e. The molecule has 1 saturated carbocycles. The number of methoxy groups -OCH3 is 1. The SMILES string of the molecule is CCOC(=O)C(C)n1cnc2c1c(=O)n(C1CC1)c(=O)n2-c1cccc(OC)c1. The molecule has 2 heterocycles. The lowest BCUT2D eigenvalue weighted by atomic mass is 10.3. The molecule has 3 aromatic rings. The summed E-state index contributed by atoms with van der Waals surface area (Å²) in [6.45, 7) is 3.59. The summed E-state index contributed by atoms with van der Waals surface area (Å²) in [6, 6.07) is 6.09. The summed E-state index contributed by atoms with van der Waals surface area (Å²) in [5, 5.41) is 0. The highest BCUT2D eigenvalue weighted by atomic mass is 16.5. The molecule has 4 rings (SSSR count). The number of carbonyl (C=O) groups excluding carboxylic acids is 1. The van der Waals surface area contributed by atoms with Crippen molar-refractivity contribution in [3.63, 3.8) is 0 Å². The van der Waals surface area contributed by atoms with E-state index in [0.29, 0.717) is 11.4 Å². The van der Waals surface area contributed by atoms with Crippen LogP contribution in [-0.2, 0) is 9.53 Å². The minimum atomic E-state index is -0.753. The number of fused-ring (bicyclic) bond motifs is 1. The van der Waals surface area contributed by atoms with E-state index in [1.54, 1.807) is 45.2 Å². The molecular formula is C20H22N4O5. The van der Waals surface area contributed by atoms with Crippen LogP contribution in [0.3, 0.4) is 0 Å². The maximum absolute atomic E-state index is 13.2. The van der Waals surface area contributed by atoms with Crippen molar-refractivity contribution in [3.8, 4) is 11.4 Å². The Morgan fingerprint density at radius 2 is 2.07 bits per heavy atom. The van der Waals surface area contributed by atoms with Crippen LogP contribution in [0, 0.1) is 0 Å². The van der Waals surface area contributed by atoms with Crippen LogP contribution in [0.4, 0.5) is 0 Å².